The van der Waals surface area contributed by atoms with Crippen molar-refractivity contribution in [2.45, 2.75) is 45.6 Å². The molecule has 30 heavy (non-hydrogen) atoms. The highest BCUT2D eigenvalue weighted by Gasteiger charge is 2.28. The van der Waals surface area contributed by atoms with E-state index in [1.165, 1.54) is 12.1 Å². The normalized spacial score (nSPS) is 15.0. The minimum atomic E-state index is -0.313. The molecule has 158 valence electrons. The summed E-state index contributed by atoms with van der Waals surface area (Å²) in [5, 5.41) is 10.7. The van der Waals surface area contributed by atoms with Gasteiger partial charge in [0.25, 0.3) is 0 Å². The maximum atomic E-state index is 13.2. The van der Waals surface area contributed by atoms with E-state index in [-0.39, 0.29) is 29.8 Å². The molecule has 0 radical (unpaired) electrons. The van der Waals surface area contributed by atoms with Gasteiger partial charge in [0.1, 0.15) is 17.4 Å². The van der Waals surface area contributed by atoms with Crippen LogP contribution in [0.25, 0.3) is 0 Å². The predicted octanol–water partition coefficient (Wildman–Crippen LogP) is 2.31. The number of nitrogens with zero attached hydrogens (tertiary/aromatic N) is 4. The van der Waals surface area contributed by atoms with Crippen LogP contribution < -0.4 is 5.69 Å². The molecular formula is C21H24FN5O3. The van der Waals surface area contributed by atoms with Crippen LogP contribution in [0.3, 0.4) is 0 Å². The number of hydrogen-bond donors (Lipinski definition) is 1. The van der Waals surface area contributed by atoms with Gasteiger partial charge in [-0.05, 0) is 44.4 Å². The van der Waals surface area contributed by atoms with Crippen molar-refractivity contribution >= 4 is 5.91 Å². The molecule has 1 N–H and O–H groups in total. The van der Waals surface area contributed by atoms with E-state index in [1.807, 2.05) is 18.7 Å². The van der Waals surface area contributed by atoms with Crippen molar-refractivity contribution in [1.29, 1.82) is 0 Å². The van der Waals surface area contributed by atoms with E-state index in [1.54, 1.807) is 16.7 Å². The zero-order valence-corrected chi connectivity index (χ0v) is 17.0. The highest BCUT2D eigenvalue weighted by Crippen LogP contribution is 2.27. The fourth-order valence-electron chi connectivity index (χ4n) is 3.97. The first kappa shape index (κ1) is 20.1. The van der Waals surface area contributed by atoms with Crippen LogP contribution in [0.1, 0.15) is 47.2 Å². The summed E-state index contributed by atoms with van der Waals surface area (Å²) < 4.78 is 19.9. The number of likely N-dealkylation sites (tertiary alicyclic amines) is 1. The van der Waals surface area contributed by atoms with E-state index in [0.29, 0.717) is 31.2 Å². The van der Waals surface area contributed by atoms with Gasteiger partial charge in [-0.1, -0.05) is 17.3 Å². The van der Waals surface area contributed by atoms with Crippen molar-refractivity contribution in [3.05, 3.63) is 69.0 Å². The Bertz CT molecular complexity index is 1070. The minimum absolute atomic E-state index is 0.0496. The molecule has 0 saturated carbocycles. The number of halogens is 1. The first-order valence-electron chi connectivity index (χ1n) is 10.0. The third-order valence-electron chi connectivity index (χ3n) is 5.76. The number of aromatic nitrogens is 4. The summed E-state index contributed by atoms with van der Waals surface area (Å²) >= 11 is 0. The molecule has 8 nitrogen and oxygen atoms in total. The molecule has 0 bridgehead atoms. The zero-order chi connectivity index (χ0) is 21.3. The molecule has 1 aromatic carbocycles. The minimum Gasteiger partial charge on any atom is -0.361 e. The van der Waals surface area contributed by atoms with Crippen molar-refractivity contribution in [3.8, 4) is 0 Å². The molecule has 1 aliphatic rings. The number of rotatable bonds is 5. The number of carbonyl (C=O) groups excluding carboxylic acids is 1. The van der Waals surface area contributed by atoms with Crippen molar-refractivity contribution in [2.75, 3.05) is 13.1 Å². The smallest absolute Gasteiger partial charge is 0.343 e. The molecule has 0 atom stereocenters. The van der Waals surface area contributed by atoms with Gasteiger partial charge in [-0.3, -0.25) is 9.36 Å². The van der Waals surface area contributed by atoms with Crippen LogP contribution in [-0.4, -0.2) is 43.8 Å². The second-order valence-electron chi connectivity index (χ2n) is 7.73. The number of hydrogen-bond acceptors (Lipinski definition) is 5. The lowest BCUT2D eigenvalue weighted by Crippen LogP contribution is -2.39. The average Bonchev–Trinajstić information content (AvgIpc) is 3.26. The number of piperidine rings is 1. The summed E-state index contributed by atoms with van der Waals surface area (Å²) in [4.78, 5) is 26.8. The molecule has 0 spiro atoms. The van der Waals surface area contributed by atoms with Crippen molar-refractivity contribution in [3.63, 3.8) is 0 Å². The van der Waals surface area contributed by atoms with Crippen molar-refractivity contribution in [1.82, 2.24) is 24.8 Å². The lowest BCUT2D eigenvalue weighted by atomic mass is 9.95. The summed E-state index contributed by atoms with van der Waals surface area (Å²) in [6, 6.07) is 6.08. The molecule has 3 aromatic rings. The predicted molar refractivity (Wildman–Crippen MR) is 107 cm³/mol. The third-order valence-corrected chi connectivity index (χ3v) is 5.76. The van der Waals surface area contributed by atoms with Crippen molar-refractivity contribution in [2.24, 2.45) is 0 Å². The van der Waals surface area contributed by atoms with E-state index < -0.39 is 0 Å². The largest absolute Gasteiger partial charge is 0.361 e. The van der Waals surface area contributed by atoms with E-state index in [4.69, 9.17) is 4.52 Å². The second kappa shape index (κ2) is 8.25. The summed E-state index contributed by atoms with van der Waals surface area (Å²) in [6.07, 6.45) is 1.73. The van der Waals surface area contributed by atoms with Gasteiger partial charge in [0.15, 0.2) is 0 Å². The highest BCUT2D eigenvalue weighted by molar-refractivity contribution is 5.79. The van der Waals surface area contributed by atoms with Crippen molar-refractivity contribution < 1.29 is 13.7 Å². The number of H-pyrrole nitrogens is 1. The van der Waals surface area contributed by atoms with Crippen LogP contribution >= 0.6 is 0 Å². The van der Waals surface area contributed by atoms with Gasteiger partial charge in [0, 0.05) is 24.6 Å². The Morgan fingerprint density at radius 2 is 1.93 bits per heavy atom. The van der Waals surface area contributed by atoms with E-state index in [0.717, 1.165) is 29.7 Å². The van der Waals surface area contributed by atoms with Gasteiger partial charge in [-0.2, -0.15) is 5.10 Å². The summed E-state index contributed by atoms with van der Waals surface area (Å²) in [5.41, 5.74) is 2.14. The van der Waals surface area contributed by atoms with E-state index in [9.17, 15) is 14.0 Å². The third kappa shape index (κ3) is 4.05. The average molecular weight is 413 g/mol. The molecule has 3 heterocycles. The lowest BCUT2D eigenvalue weighted by Gasteiger charge is -2.31. The number of amides is 1. The van der Waals surface area contributed by atoms with Crippen LogP contribution in [0.2, 0.25) is 0 Å². The van der Waals surface area contributed by atoms with Gasteiger partial charge in [-0.25, -0.2) is 14.3 Å². The van der Waals surface area contributed by atoms with Gasteiger partial charge in [-0.15, -0.1) is 0 Å². The number of carbonyl (C=O) groups is 1. The molecule has 1 fully saturated rings. The Hall–Kier alpha value is -3.23. The van der Waals surface area contributed by atoms with E-state index >= 15 is 0 Å². The van der Waals surface area contributed by atoms with Gasteiger partial charge in [0.05, 0.1) is 18.7 Å². The molecular weight excluding hydrogens is 389 g/mol. The van der Waals surface area contributed by atoms with Crippen LogP contribution in [0, 0.1) is 19.7 Å². The Morgan fingerprint density at radius 3 is 2.57 bits per heavy atom. The van der Waals surface area contributed by atoms with Crippen LogP contribution in [0.5, 0.6) is 0 Å². The SMILES string of the molecule is Cc1noc(C)c1CC(=O)N1CCC(c2n[nH]c(=O)n2Cc2ccc(F)cc2)CC1. The fraction of sp³-hybridized carbons (Fsp3) is 0.429. The molecule has 4 rings (SSSR count). The maximum absolute atomic E-state index is 13.2. The van der Waals surface area contributed by atoms with Gasteiger partial charge >= 0.3 is 5.69 Å². The first-order chi connectivity index (χ1) is 14.4. The number of nitrogens with one attached hydrogen (secondary N) is 1. The van der Waals surface area contributed by atoms with E-state index in [2.05, 4.69) is 15.4 Å². The Balaban J connectivity index is 1.41. The monoisotopic (exact) mass is 413 g/mol. The Kier molecular flexibility index (Phi) is 5.52. The van der Waals surface area contributed by atoms with Crippen LogP contribution in [0.15, 0.2) is 33.6 Å². The molecule has 1 amide bonds. The van der Waals surface area contributed by atoms with Crippen LogP contribution in [0.4, 0.5) is 4.39 Å². The quantitative estimate of drug-likeness (QED) is 0.692. The second-order valence-corrected chi connectivity index (χ2v) is 7.73. The van der Waals surface area contributed by atoms with Gasteiger partial charge in [0.2, 0.25) is 5.91 Å². The van der Waals surface area contributed by atoms with Gasteiger partial charge < -0.3 is 9.42 Å². The standard InChI is InChI=1S/C21H24FN5O3/c1-13-18(14(2)30-25-13)11-19(28)26-9-7-16(8-10-26)20-23-24-21(29)27(20)12-15-3-5-17(22)6-4-15/h3-6,16H,7-12H2,1-2H3,(H,24,29). The highest BCUT2D eigenvalue weighted by atomic mass is 19.1. The molecule has 9 heteroatoms. The number of aryl methyl sites for hydroxylation is 2. The molecule has 0 unspecified atom stereocenters. The lowest BCUT2D eigenvalue weighted by molar-refractivity contribution is -0.131. The molecule has 1 saturated heterocycles. The fourth-order valence-corrected chi connectivity index (χ4v) is 3.97. The topological polar surface area (TPSA) is 97.0 Å². The zero-order valence-electron chi connectivity index (χ0n) is 17.0. The first-order valence-corrected chi connectivity index (χ1v) is 10.0. The Labute approximate surface area is 172 Å². The Morgan fingerprint density at radius 1 is 1.23 bits per heavy atom. The number of aromatic amines is 1. The summed E-state index contributed by atoms with van der Waals surface area (Å²) in [6.45, 7) is 5.18. The molecule has 1 aliphatic heterocycles. The molecule has 0 aliphatic carbocycles. The number of benzene rings is 1. The summed E-state index contributed by atoms with van der Waals surface area (Å²) in [5.74, 6) is 1.17. The molecule has 2 aromatic heterocycles. The maximum Gasteiger partial charge on any atom is 0.343 e. The van der Waals surface area contributed by atoms with Crippen LogP contribution in [-0.2, 0) is 17.8 Å². The summed E-state index contributed by atoms with van der Waals surface area (Å²) in [7, 11) is 0.